The van der Waals surface area contributed by atoms with E-state index >= 15 is 0 Å². The standard InChI is InChI=1S/2C22H30O5.C16H22O3.C15H22O3.C13H18O4/c1-21(2,7-6-19(26)27-5)12-8-17(24)20(18(25)9-12)13-10-16(23)15-11-14(13)22(15,3)4;1-21(2,9-8-19(25)26-5)13-10-17(24)20-15-12-14(23)6-7-16(15)22(3,4)27-18(20)11-13;1-6-19-15(17)7-8-16(3,4)13-9-12(2)10-14(11-13)18-5;1-11-8-12(10-13(9-11)17-4)15(2,3)7-6-14(16)18-5;1-13(2,5-4-12(16)17-3)9-6-10(14)8-11(15)7-9/h8-9,13-15,24-25H,6-7,10-11H2,1-5H3;10-11,15-16,24H,6-9,12H2,1-5H3;7-11H,6H2,1-5H3;8-10H,6-7H2,1-5H3;6-8,14-15H,4-5H2,1-3H3/b;;8-7+;;/t13-,14-,15+;15-,16-;;;/m11.../s1. The van der Waals surface area contributed by atoms with E-state index in [4.69, 9.17) is 28.4 Å². The van der Waals surface area contributed by atoms with Gasteiger partial charge < -0.3 is 63.4 Å². The Bertz CT molecular complexity index is 3970. The molecule has 1 heterocycles. The third kappa shape index (κ3) is 23.7. The number of carbonyl (C=O) groups excluding carboxylic acids is 7. The maximum absolute atomic E-state index is 12.5. The summed E-state index contributed by atoms with van der Waals surface area (Å²) >= 11 is 0. The van der Waals surface area contributed by atoms with Crippen LogP contribution in [0.4, 0.5) is 0 Å². The predicted molar refractivity (Wildman–Crippen MR) is 417 cm³/mol. The minimum atomic E-state index is -0.412. The van der Waals surface area contributed by atoms with Crippen molar-refractivity contribution in [3.63, 3.8) is 0 Å². The monoisotopic (exact) mass is 1500 g/mol. The summed E-state index contributed by atoms with van der Waals surface area (Å²) in [6.45, 7) is 34.9. The molecule has 5 aromatic carbocycles. The van der Waals surface area contributed by atoms with Gasteiger partial charge in [0.25, 0.3) is 0 Å². The first-order valence-electron chi connectivity index (χ1n) is 37.3. The van der Waals surface area contributed by atoms with Crippen molar-refractivity contribution in [3.8, 4) is 46.0 Å². The molecule has 10 rings (SSSR count). The highest BCUT2D eigenvalue weighted by Gasteiger charge is 2.59. The second-order valence-corrected chi connectivity index (χ2v) is 33.4. The van der Waals surface area contributed by atoms with E-state index in [2.05, 4.69) is 77.0 Å². The van der Waals surface area contributed by atoms with Gasteiger partial charge >= 0.3 is 29.8 Å². The average molecular weight is 1500 g/mol. The number of fused-ring (bicyclic) bond motifs is 5. The first kappa shape index (κ1) is 89.6. The molecule has 0 aromatic heterocycles. The molecule has 5 N–H and O–H groups in total. The Morgan fingerprint density at radius 2 is 0.889 bits per heavy atom. The number of allylic oxidation sites excluding steroid dienone is 1. The second-order valence-electron chi connectivity index (χ2n) is 33.4. The number of phenolic OH excluding ortho intramolecular Hbond substituents is 5. The molecular weight excluding hydrogens is 1380 g/mol. The van der Waals surface area contributed by atoms with Gasteiger partial charge in [-0.1, -0.05) is 101 Å². The summed E-state index contributed by atoms with van der Waals surface area (Å²) < 4.78 is 40.5. The number of esters is 5. The summed E-state index contributed by atoms with van der Waals surface area (Å²) in [5, 5.41) is 51.2. The van der Waals surface area contributed by atoms with Gasteiger partial charge in [0.15, 0.2) is 0 Å². The maximum Gasteiger partial charge on any atom is 0.330 e. The molecular formula is C88H122O20. The summed E-state index contributed by atoms with van der Waals surface area (Å²) in [7, 11) is 8.85. The van der Waals surface area contributed by atoms with Crippen LogP contribution in [-0.2, 0) is 84.3 Å². The molecule has 0 unspecified atom stereocenters. The van der Waals surface area contributed by atoms with Gasteiger partial charge in [0, 0.05) is 97.3 Å². The molecule has 0 amide bonds. The normalized spacial score (nSPS) is 18.2. The lowest BCUT2D eigenvalue weighted by Gasteiger charge is -2.59. The molecule has 2 bridgehead atoms. The van der Waals surface area contributed by atoms with E-state index in [0.29, 0.717) is 75.7 Å². The van der Waals surface area contributed by atoms with Crippen molar-refractivity contribution in [2.75, 3.05) is 49.3 Å². The molecule has 4 aliphatic carbocycles. The number of Topliss-reactive ketones (excluding diaryl/α,β-unsaturated/α-hetero) is 2. The third-order valence-corrected chi connectivity index (χ3v) is 22.6. The van der Waals surface area contributed by atoms with Crippen molar-refractivity contribution in [2.24, 2.45) is 23.2 Å². The van der Waals surface area contributed by atoms with E-state index in [1.807, 2.05) is 91.8 Å². The molecule has 4 saturated carbocycles. The molecule has 0 radical (unpaired) electrons. The quantitative estimate of drug-likeness (QED) is 0.0231. The minimum absolute atomic E-state index is 0.00256. The van der Waals surface area contributed by atoms with Gasteiger partial charge in [0.05, 0.1) is 49.3 Å². The van der Waals surface area contributed by atoms with Crippen LogP contribution < -0.4 is 14.2 Å². The number of carbonyl (C=O) groups is 7. The van der Waals surface area contributed by atoms with Gasteiger partial charge in [-0.15, -0.1) is 0 Å². The van der Waals surface area contributed by atoms with E-state index in [1.165, 1.54) is 46.1 Å². The Hall–Kier alpha value is -9.07. The first-order valence-corrected chi connectivity index (χ1v) is 37.3. The lowest BCUT2D eigenvalue weighted by Crippen LogP contribution is -2.56. The van der Waals surface area contributed by atoms with Crippen LogP contribution in [0, 0.1) is 37.0 Å². The predicted octanol–water partition coefficient (Wildman–Crippen LogP) is 17.3. The van der Waals surface area contributed by atoms with Crippen LogP contribution in [-0.4, -0.2) is 122 Å². The molecule has 0 spiro atoms. The van der Waals surface area contributed by atoms with Crippen molar-refractivity contribution in [1.29, 1.82) is 0 Å². The van der Waals surface area contributed by atoms with Gasteiger partial charge in [-0.3, -0.25) is 28.8 Å². The fourth-order valence-electron chi connectivity index (χ4n) is 15.0. The molecule has 20 heteroatoms. The van der Waals surface area contributed by atoms with Gasteiger partial charge in [-0.25, -0.2) is 4.79 Å². The maximum atomic E-state index is 12.5. The van der Waals surface area contributed by atoms with Crippen molar-refractivity contribution < 1.29 is 97.0 Å². The van der Waals surface area contributed by atoms with Crippen molar-refractivity contribution in [1.82, 2.24) is 0 Å². The highest BCUT2D eigenvalue weighted by molar-refractivity contribution is 5.86. The molecule has 5 atom stereocenters. The van der Waals surface area contributed by atoms with Gasteiger partial charge in [-0.2, -0.15) is 0 Å². The number of hydrogen-bond acceptors (Lipinski definition) is 20. The van der Waals surface area contributed by atoms with Gasteiger partial charge in [0.1, 0.15) is 63.2 Å². The molecule has 1 aliphatic heterocycles. The number of aromatic hydroxyl groups is 5. The van der Waals surface area contributed by atoms with Crippen molar-refractivity contribution in [3.05, 3.63) is 141 Å². The third-order valence-electron chi connectivity index (χ3n) is 22.6. The number of aryl methyl sites for hydroxylation is 2. The van der Waals surface area contributed by atoms with Crippen LogP contribution in [0.1, 0.15) is 249 Å². The second kappa shape index (κ2) is 37.4. The number of ketones is 2. The number of phenols is 5. The van der Waals surface area contributed by atoms with Crippen molar-refractivity contribution >= 4 is 41.4 Å². The summed E-state index contributed by atoms with van der Waals surface area (Å²) in [5.41, 5.74) is 6.44. The van der Waals surface area contributed by atoms with Gasteiger partial charge in [0.2, 0.25) is 0 Å². The Morgan fingerprint density at radius 1 is 0.500 bits per heavy atom. The lowest BCUT2D eigenvalue weighted by molar-refractivity contribution is -0.152. The van der Waals surface area contributed by atoms with Crippen LogP contribution in [0.3, 0.4) is 0 Å². The summed E-state index contributed by atoms with van der Waals surface area (Å²) in [4.78, 5) is 81.2. The molecule has 4 fully saturated rings. The summed E-state index contributed by atoms with van der Waals surface area (Å²) in [5.74, 6) is 2.33. The fraction of sp³-hybridized carbons (Fsp3) is 0.557. The van der Waals surface area contributed by atoms with E-state index < -0.39 is 5.41 Å². The SMILES string of the molecule is CCOC(=O)/C=C/C(C)(C)c1cc(C)cc(OC)c1.COC(=O)CCC(C)(C)c1cc(C)cc(OC)c1.COC(=O)CCC(C)(C)c1cc(O)c([C@@H]2CC(=O)[C@@H]3C[C@H]2C3(C)C)c(O)c1.COC(=O)CCC(C)(C)c1cc(O)c2c(c1)OC(C)(C)[C@@H]1CCC(=O)C[C@@H]21.COC(=O)CCC(C)(C)c1cc(O)cc(O)c1. The smallest absolute Gasteiger partial charge is 0.330 e. The van der Waals surface area contributed by atoms with Gasteiger partial charge in [-0.05, 0) is 206 Å². The van der Waals surface area contributed by atoms with E-state index in [1.54, 1.807) is 51.5 Å². The first-order chi connectivity index (χ1) is 50.2. The largest absolute Gasteiger partial charge is 0.508 e. The van der Waals surface area contributed by atoms with Crippen LogP contribution in [0.15, 0.2) is 91.0 Å². The van der Waals surface area contributed by atoms with E-state index in [-0.39, 0.29) is 139 Å². The lowest BCUT2D eigenvalue weighted by atomic mass is 9.44. The van der Waals surface area contributed by atoms with E-state index in [0.717, 1.165) is 69.7 Å². The van der Waals surface area contributed by atoms with Crippen LogP contribution in [0.25, 0.3) is 0 Å². The molecule has 594 valence electrons. The highest BCUT2D eigenvalue weighted by atomic mass is 16.5. The Morgan fingerprint density at radius 3 is 1.30 bits per heavy atom. The zero-order valence-corrected chi connectivity index (χ0v) is 68.3. The fourth-order valence-corrected chi connectivity index (χ4v) is 15.0. The number of hydrogen-bond donors (Lipinski definition) is 5. The Labute approximate surface area is 640 Å². The van der Waals surface area contributed by atoms with Crippen molar-refractivity contribution in [2.45, 2.75) is 246 Å². The Balaban J connectivity index is 0.000000246. The number of benzene rings is 5. The van der Waals surface area contributed by atoms with Crippen LogP contribution in [0.2, 0.25) is 0 Å². The molecule has 20 nitrogen and oxygen atoms in total. The topological polar surface area (TPSA) is 294 Å². The summed E-state index contributed by atoms with van der Waals surface area (Å²) in [6.07, 6.45) is 10.2. The number of methoxy groups -OCH3 is 6. The highest BCUT2D eigenvalue weighted by Crippen LogP contribution is 2.64. The van der Waals surface area contributed by atoms with Crippen LogP contribution >= 0.6 is 0 Å². The van der Waals surface area contributed by atoms with E-state index in [9.17, 15) is 59.1 Å². The zero-order valence-electron chi connectivity index (χ0n) is 68.3. The molecule has 5 aromatic rings. The molecule has 5 aliphatic rings. The minimum Gasteiger partial charge on any atom is -0.508 e. The number of ether oxygens (including phenoxy) is 8. The molecule has 0 saturated heterocycles. The Kier molecular flexibility index (Phi) is 31.0. The number of rotatable bonds is 23. The van der Waals surface area contributed by atoms with Crippen LogP contribution in [0.5, 0.6) is 46.0 Å². The summed E-state index contributed by atoms with van der Waals surface area (Å²) in [6, 6.07) is 23.8. The zero-order chi connectivity index (χ0) is 81.4. The molecule has 108 heavy (non-hydrogen) atoms. The average Bonchev–Trinajstić information content (AvgIpc) is 0.715.